The highest BCUT2D eigenvalue weighted by atomic mass is 32.2. The first-order chi connectivity index (χ1) is 13.0. The summed E-state index contributed by atoms with van der Waals surface area (Å²) in [6, 6.07) is 16.7. The lowest BCUT2D eigenvalue weighted by molar-refractivity contribution is -0.139. The molecular weight excluding hydrogens is 364 g/mol. The maximum atomic E-state index is 12.4. The molecule has 7 heteroatoms. The fourth-order valence-corrected chi connectivity index (χ4v) is 3.76. The molecule has 1 amide bonds. The number of pyridine rings is 1. The van der Waals surface area contributed by atoms with Gasteiger partial charge in [-0.05, 0) is 30.7 Å². The molecular formula is C20H18N2O4S. The van der Waals surface area contributed by atoms with E-state index in [1.165, 1.54) is 6.20 Å². The first-order valence-electron chi connectivity index (χ1n) is 8.36. The Bertz CT molecular complexity index is 991. The SMILES string of the molecule is O=C(N[C@@H](CC[S@@](=O)c1ccccc1)C(=O)O)c1cnc2ccccc2c1. The number of nitrogens with one attached hydrogen (secondary N) is 1. The molecule has 2 aromatic carbocycles. The van der Waals surface area contributed by atoms with Crippen molar-refractivity contribution in [3.63, 3.8) is 0 Å². The number of hydrogen-bond donors (Lipinski definition) is 2. The number of carboxylic acid groups (broad SMARTS) is 1. The highest BCUT2D eigenvalue weighted by molar-refractivity contribution is 7.85. The maximum absolute atomic E-state index is 12.4. The van der Waals surface area contributed by atoms with Gasteiger partial charge in [0.15, 0.2) is 0 Å². The van der Waals surface area contributed by atoms with E-state index in [1.54, 1.807) is 30.3 Å². The molecule has 3 rings (SSSR count). The monoisotopic (exact) mass is 382 g/mol. The number of carbonyl (C=O) groups excluding carboxylic acids is 1. The fraction of sp³-hybridized carbons (Fsp3) is 0.150. The third-order valence-corrected chi connectivity index (χ3v) is 5.46. The van der Waals surface area contributed by atoms with Crippen molar-refractivity contribution in [2.24, 2.45) is 0 Å². The molecule has 0 radical (unpaired) electrons. The molecule has 2 N–H and O–H groups in total. The van der Waals surface area contributed by atoms with Crippen molar-refractivity contribution in [1.29, 1.82) is 0 Å². The minimum atomic E-state index is -1.33. The second kappa shape index (κ2) is 8.55. The summed E-state index contributed by atoms with van der Waals surface area (Å²) in [5.41, 5.74) is 1.03. The predicted octanol–water partition coefficient (Wildman–Crippen LogP) is 2.62. The summed E-state index contributed by atoms with van der Waals surface area (Å²) in [7, 11) is -1.33. The molecule has 0 aliphatic rings. The zero-order chi connectivity index (χ0) is 19.2. The molecule has 2 atom stereocenters. The van der Waals surface area contributed by atoms with Crippen molar-refractivity contribution in [1.82, 2.24) is 10.3 Å². The molecule has 0 saturated carbocycles. The number of nitrogens with zero attached hydrogens (tertiary/aromatic N) is 1. The van der Waals surface area contributed by atoms with E-state index in [9.17, 15) is 18.9 Å². The summed E-state index contributed by atoms with van der Waals surface area (Å²) < 4.78 is 12.3. The minimum absolute atomic E-state index is 0.0591. The molecule has 0 spiro atoms. The van der Waals surface area contributed by atoms with Crippen LogP contribution in [0.5, 0.6) is 0 Å². The van der Waals surface area contributed by atoms with E-state index < -0.39 is 28.7 Å². The predicted molar refractivity (Wildman–Crippen MR) is 103 cm³/mol. The van der Waals surface area contributed by atoms with Crippen LogP contribution in [0.4, 0.5) is 0 Å². The lowest BCUT2D eigenvalue weighted by Crippen LogP contribution is -2.41. The van der Waals surface area contributed by atoms with Crippen molar-refractivity contribution in [2.75, 3.05) is 5.75 Å². The number of carboxylic acids is 1. The minimum Gasteiger partial charge on any atom is -0.480 e. The number of aromatic nitrogens is 1. The molecule has 0 aliphatic heterocycles. The van der Waals surface area contributed by atoms with Crippen LogP contribution in [0.15, 0.2) is 71.8 Å². The molecule has 0 fully saturated rings. The van der Waals surface area contributed by atoms with E-state index in [2.05, 4.69) is 10.3 Å². The van der Waals surface area contributed by atoms with E-state index >= 15 is 0 Å². The number of rotatable bonds is 7. The van der Waals surface area contributed by atoms with Crippen molar-refractivity contribution < 1.29 is 18.9 Å². The van der Waals surface area contributed by atoms with Crippen molar-refractivity contribution in [3.05, 3.63) is 72.4 Å². The highest BCUT2D eigenvalue weighted by Crippen LogP contribution is 2.13. The molecule has 3 aromatic rings. The van der Waals surface area contributed by atoms with Gasteiger partial charge in [-0.1, -0.05) is 36.4 Å². The van der Waals surface area contributed by atoms with Gasteiger partial charge in [0.2, 0.25) is 0 Å². The molecule has 0 bridgehead atoms. The van der Waals surface area contributed by atoms with Crippen LogP contribution in [0, 0.1) is 0 Å². The van der Waals surface area contributed by atoms with Crippen LogP contribution < -0.4 is 5.32 Å². The van der Waals surface area contributed by atoms with Gasteiger partial charge < -0.3 is 10.4 Å². The van der Waals surface area contributed by atoms with Gasteiger partial charge in [-0.2, -0.15) is 0 Å². The summed E-state index contributed by atoms with van der Waals surface area (Å²) in [6.45, 7) is 0. The van der Waals surface area contributed by atoms with Crippen molar-refractivity contribution >= 4 is 33.6 Å². The zero-order valence-corrected chi connectivity index (χ0v) is 15.2. The van der Waals surface area contributed by atoms with Crippen LogP contribution in [0.3, 0.4) is 0 Å². The molecule has 138 valence electrons. The third-order valence-electron chi connectivity index (χ3n) is 4.05. The maximum Gasteiger partial charge on any atom is 0.326 e. The molecule has 1 aromatic heterocycles. The summed E-state index contributed by atoms with van der Waals surface area (Å²) >= 11 is 0. The van der Waals surface area contributed by atoms with E-state index in [0.29, 0.717) is 4.90 Å². The van der Waals surface area contributed by atoms with E-state index in [-0.39, 0.29) is 17.7 Å². The van der Waals surface area contributed by atoms with Gasteiger partial charge in [0, 0.05) is 22.2 Å². The molecule has 0 aliphatic carbocycles. The van der Waals surface area contributed by atoms with E-state index in [4.69, 9.17) is 0 Å². The van der Waals surface area contributed by atoms with Crippen LogP contribution in [-0.4, -0.2) is 38.0 Å². The normalized spacial score (nSPS) is 13.0. The third kappa shape index (κ3) is 4.77. The Balaban J connectivity index is 1.67. The van der Waals surface area contributed by atoms with Gasteiger partial charge in [0.05, 0.1) is 21.9 Å². The van der Waals surface area contributed by atoms with Gasteiger partial charge in [-0.25, -0.2) is 4.79 Å². The van der Waals surface area contributed by atoms with Gasteiger partial charge in [0.25, 0.3) is 5.91 Å². The van der Waals surface area contributed by atoms with Crippen molar-refractivity contribution in [2.45, 2.75) is 17.4 Å². The van der Waals surface area contributed by atoms with Crippen LogP contribution in [0.25, 0.3) is 10.9 Å². The van der Waals surface area contributed by atoms with Crippen LogP contribution in [0.1, 0.15) is 16.8 Å². The summed E-state index contributed by atoms with van der Waals surface area (Å²) in [6.07, 6.45) is 1.47. The average Bonchev–Trinajstić information content (AvgIpc) is 2.70. The number of para-hydroxylation sites is 1. The average molecular weight is 382 g/mol. The van der Waals surface area contributed by atoms with Crippen LogP contribution in [0.2, 0.25) is 0 Å². The fourth-order valence-electron chi connectivity index (χ4n) is 2.61. The summed E-state index contributed by atoms with van der Waals surface area (Å²) in [4.78, 5) is 28.8. The lowest BCUT2D eigenvalue weighted by atomic mass is 10.1. The van der Waals surface area contributed by atoms with Crippen LogP contribution >= 0.6 is 0 Å². The number of amides is 1. The second-order valence-electron chi connectivity index (χ2n) is 5.93. The van der Waals surface area contributed by atoms with Gasteiger partial charge in [-0.15, -0.1) is 0 Å². The van der Waals surface area contributed by atoms with Gasteiger partial charge in [-0.3, -0.25) is 14.0 Å². The Hall–Kier alpha value is -3.06. The number of aliphatic carboxylic acids is 1. The Morgan fingerprint density at radius 2 is 1.78 bits per heavy atom. The molecule has 6 nitrogen and oxygen atoms in total. The van der Waals surface area contributed by atoms with Crippen molar-refractivity contribution in [3.8, 4) is 0 Å². The highest BCUT2D eigenvalue weighted by Gasteiger charge is 2.22. The number of carbonyl (C=O) groups is 2. The van der Waals surface area contributed by atoms with Gasteiger partial charge in [0.1, 0.15) is 6.04 Å². The van der Waals surface area contributed by atoms with Crippen LogP contribution in [-0.2, 0) is 15.6 Å². The summed E-state index contributed by atoms with van der Waals surface area (Å²) in [5, 5.41) is 12.7. The first kappa shape index (κ1) is 18.7. The second-order valence-corrected chi connectivity index (χ2v) is 7.50. The Morgan fingerprint density at radius 3 is 2.52 bits per heavy atom. The Morgan fingerprint density at radius 1 is 1.07 bits per heavy atom. The quantitative estimate of drug-likeness (QED) is 0.655. The Labute approximate surface area is 158 Å². The van der Waals surface area contributed by atoms with E-state index in [0.717, 1.165) is 10.9 Å². The molecule has 0 saturated heterocycles. The molecule has 0 unspecified atom stereocenters. The number of hydrogen-bond acceptors (Lipinski definition) is 4. The number of benzene rings is 2. The van der Waals surface area contributed by atoms with E-state index in [1.807, 2.05) is 30.3 Å². The topological polar surface area (TPSA) is 96.4 Å². The standard InChI is InChI=1S/C20H18N2O4S/c23-19(15-12-14-6-4-5-9-17(14)21-13-15)22-18(20(24)25)10-11-27(26)16-7-2-1-3-8-16/h1-9,12-13,18H,10-11H2,(H,22,23)(H,24,25)/t18-,27+/m0/s1. The zero-order valence-electron chi connectivity index (χ0n) is 14.4. The largest absolute Gasteiger partial charge is 0.480 e. The van der Waals surface area contributed by atoms with Gasteiger partial charge >= 0.3 is 5.97 Å². The first-order valence-corrected chi connectivity index (χ1v) is 9.68. The molecule has 27 heavy (non-hydrogen) atoms. The Kier molecular flexibility index (Phi) is 5.93. The number of fused-ring (bicyclic) bond motifs is 1. The summed E-state index contributed by atoms with van der Waals surface area (Å²) in [5.74, 6) is -1.55. The molecule has 1 heterocycles. The smallest absolute Gasteiger partial charge is 0.326 e. The lowest BCUT2D eigenvalue weighted by Gasteiger charge is -2.14.